The van der Waals surface area contributed by atoms with Crippen molar-refractivity contribution in [3.05, 3.63) is 72.7 Å². The van der Waals surface area contributed by atoms with Gasteiger partial charge < -0.3 is 9.84 Å². The number of aromatic nitrogens is 2. The van der Waals surface area contributed by atoms with Crippen LogP contribution in [0.1, 0.15) is 32.2 Å². The van der Waals surface area contributed by atoms with Crippen molar-refractivity contribution in [1.29, 1.82) is 0 Å². The molecule has 10 nitrogen and oxygen atoms in total. The average Bonchev–Trinajstić information content (AvgIpc) is 2.71. The number of ether oxygens (including phenoxy) is 1. The van der Waals surface area contributed by atoms with E-state index < -0.39 is 34.2 Å². The van der Waals surface area contributed by atoms with Crippen molar-refractivity contribution in [2.45, 2.75) is 26.2 Å². The van der Waals surface area contributed by atoms with Crippen LogP contribution in [-0.2, 0) is 10.2 Å². The van der Waals surface area contributed by atoms with Gasteiger partial charge in [-0.1, -0.05) is 42.8 Å². The fraction of sp³-hybridized carbons (Fsp3) is 0.238. The van der Waals surface area contributed by atoms with Crippen LogP contribution in [0.25, 0.3) is 10.9 Å². The largest absolute Gasteiger partial charge is 0.479 e. The van der Waals surface area contributed by atoms with Crippen LogP contribution in [0, 0.1) is 10.1 Å². The summed E-state index contributed by atoms with van der Waals surface area (Å²) in [5.74, 6) is -1.17. The average molecular weight is 503 g/mol. The molecule has 11 heteroatoms. The van der Waals surface area contributed by atoms with Gasteiger partial charge in [0, 0.05) is 21.5 Å². The maximum atomic E-state index is 13.2. The van der Waals surface area contributed by atoms with Gasteiger partial charge >= 0.3 is 11.7 Å². The SMILES string of the molecule is CC(C)(C)c1nc2ccc(Br)cc2c(=O)n1N=Cc1cccc([N+](=O)[O-])c1OCC(=O)O. The molecule has 2 aromatic carbocycles. The molecule has 0 amide bonds. The molecule has 0 bridgehead atoms. The Balaban J connectivity index is 2.21. The number of fused-ring (bicyclic) bond motifs is 1. The van der Waals surface area contributed by atoms with E-state index in [2.05, 4.69) is 26.0 Å². The molecule has 1 aromatic heterocycles. The third-order valence-electron chi connectivity index (χ3n) is 4.35. The first-order chi connectivity index (χ1) is 15.0. The molecule has 0 aliphatic carbocycles. The first kappa shape index (κ1) is 23.1. The minimum absolute atomic E-state index is 0.140. The van der Waals surface area contributed by atoms with Crippen molar-refractivity contribution in [2.75, 3.05) is 6.61 Å². The summed E-state index contributed by atoms with van der Waals surface area (Å²) in [6.07, 6.45) is 1.21. The number of rotatable bonds is 6. The summed E-state index contributed by atoms with van der Waals surface area (Å²) in [6, 6.07) is 9.22. The second-order valence-corrected chi connectivity index (χ2v) is 8.76. The lowest BCUT2D eigenvalue weighted by Crippen LogP contribution is -2.29. The van der Waals surface area contributed by atoms with Crippen LogP contribution in [0.15, 0.2) is 50.8 Å². The van der Waals surface area contributed by atoms with E-state index in [9.17, 15) is 19.7 Å². The predicted octanol–water partition coefficient (Wildman–Crippen LogP) is 3.71. The number of nitro groups is 1. The van der Waals surface area contributed by atoms with E-state index in [0.29, 0.717) is 21.2 Å². The van der Waals surface area contributed by atoms with Crippen LogP contribution in [0.3, 0.4) is 0 Å². The zero-order valence-electron chi connectivity index (χ0n) is 17.4. The number of aliphatic carboxylic acids is 1. The summed E-state index contributed by atoms with van der Waals surface area (Å²) in [6.45, 7) is 4.85. The second-order valence-electron chi connectivity index (χ2n) is 7.84. The molecule has 0 atom stereocenters. The summed E-state index contributed by atoms with van der Waals surface area (Å²) >= 11 is 3.34. The molecule has 0 unspecified atom stereocenters. The third-order valence-corrected chi connectivity index (χ3v) is 4.85. The molecule has 0 aliphatic heterocycles. The molecule has 0 fully saturated rings. The maximum absolute atomic E-state index is 13.2. The van der Waals surface area contributed by atoms with Crippen LogP contribution < -0.4 is 10.3 Å². The van der Waals surface area contributed by atoms with Gasteiger partial charge in [0.15, 0.2) is 6.61 Å². The van der Waals surface area contributed by atoms with E-state index in [1.54, 1.807) is 18.2 Å². The highest BCUT2D eigenvalue weighted by Gasteiger charge is 2.24. The van der Waals surface area contributed by atoms with Gasteiger partial charge in [-0.2, -0.15) is 9.78 Å². The number of nitrogens with zero attached hydrogens (tertiary/aromatic N) is 4. The molecule has 1 heterocycles. The summed E-state index contributed by atoms with van der Waals surface area (Å²) in [7, 11) is 0. The maximum Gasteiger partial charge on any atom is 0.341 e. The van der Waals surface area contributed by atoms with Crippen molar-refractivity contribution in [1.82, 2.24) is 9.66 Å². The minimum atomic E-state index is -1.29. The third kappa shape index (κ3) is 4.83. The van der Waals surface area contributed by atoms with Gasteiger partial charge in [0.2, 0.25) is 5.75 Å². The number of nitro benzene ring substituents is 1. The number of halogens is 1. The molecular weight excluding hydrogens is 484 g/mol. The Kier molecular flexibility index (Phi) is 6.40. The summed E-state index contributed by atoms with van der Waals surface area (Å²) in [5, 5.41) is 24.9. The number of carbonyl (C=O) groups is 1. The number of benzene rings is 2. The first-order valence-corrected chi connectivity index (χ1v) is 10.2. The van der Waals surface area contributed by atoms with Gasteiger partial charge in [0.25, 0.3) is 5.56 Å². The highest BCUT2D eigenvalue weighted by molar-refractivity contribution is 9.10. The van der Waals surface area contributed by atoms with Crippen molar-refractivity contribution in [2.24, 2.45) is 5.10 Å². The van der Waals surface area contributed by atoms with Crippen LogP contribution in [0.4, 0.5) is 5.69 Å². The molecule has 1 N–H and O–H groups in total. The van der Waals surface area contributed by atoms with Crippen LogP contribution in [0.2, 0.25) is 0 Å². The lowest BCUT2D eigenvalue weighted by molar-refractivity contribution is -0.385. The molecule has 32 heavy (non-hydrogen) atoms. The predicted molar refractivity (Wildman–Crippen MR) is 122 cm³/mol. The molecule has 0 radical (unpaired) electrons. The molecule has 0 aliphatic rings. The lowest BCUT2D eigenvalue weighted by Gasteiger charge is -2.21. The number of carboxylic acids is 1. The van der Waals surface area contributed by atoms with Gasteiger partial charge in [-0.25, -0.2) is 9.78 Å². The number of para-hydroxylation sites is 1. The van der Waals surface area contributed by atoms with E-state index in [4.69, 9.17) is 9.84 Å². The standard InChI is InChI=1S/C21H19BrN4O6/c1-21(2,3)20-24-15-8-7-13(22)9-14(15)19(29)25(20)23-10-12-5-4-6-16(26(30)31)18(12)32-11-17(27)28/h4-10H,11H2,1-3H3,(H,27,28). The molecule has 0 spiro atoms. The van der Waals surface area contributed by atoms with Gasteiger partial charge in [0.1, 0.15) is 5.82 Å². The fourth-order valence-electron chi connectivity index (χ4n) is 2.94. The van der Waals surface area contributed by atoms with E-state index in [-0.39, 0.29) is 11.3 Å². The molecule has 0 saturated carbocycles. The highest BCUT2D eigenvalue weighted by Crippen LogP contribution is 2.30. The van der Waals surface area contributed by atoms with Gasteiger partial charge in [-0.15, -0.1) is 0 Å². The smallest absolute Gasteiger partial charge is 0.341 e. The Morgan fingerprint density at radius 2 is 2.06 bits per heavy atom. The molecule has 3 aromatic rings. The van der Waals surface area contributed by atoms with Gasteiger partial charge in [-0.3, -0.25) is 14.9 Å². The van der Waals surface area contributed by atoms with Crippen molar-refractivity contribution in [3.8, 4) is 5.75 Å². The Hall–Kier alpha value is -3.60. The summed E-state index contributed by atoms with van der Waals surface area (Å²) in [4.78, 5) is 39.4. The number of carboxylic acid groups (broad SMARTS) is 1. The molecule has 166 valence electrons. The Bertz CT molecular complexity index is 1310. The summed E-state index contributed by atoms with van der Waals surface area (Å²) < 4.78 is 6.98. The zero-order valence-corrected chi connectivity index (χ0v) is 19.0. The quantitative estimate of drug-likeness (QED) is 0.308. The van der Waals surface area contributed by atoms with Gasteiger partial charge in [0.05, 0.1) is 22.0 Å². The van der Waals surface area contributed by atoms with Crippen molar-refractivity contribution >= 4 is 44.7 Å². The topological polar surface area (TPSA) is 137 Å². The van der Waals surface area contributed by atoms with Crippen LogP contribution in [0.5, 0.6) is 5.75 Å². The van der Waals surface area contributed by atoms with E-state index in [1.807, 2.05) is 20.8 Å². The normalized spacial score (nSPS) is 11.8. The number of hydrogen-bond donors (Lipinski definition) is 1. The Morgan fingerprint density at radius 3 is 2.69 bits per heavy atom. The fourth-order valence-corrected chi connectivity index (χ4v) is 3.30. The first-order valence-electron chi connectivity index (χ1n) is 9.38. The van der Waals surface area contributed by atoms with Crippen LogP contribution in [-0.4, -0.2) is 38.5 Å². The molecule has 0 saturated heterocycles. The monoisotopic (exact) mass is 502 g/mol. The van der Waals surface area contributed by atoms with Crippen molar-refractivity contribution < 1.29 is 19.6 Å². The minimum Gasteiger partial charge on any atom is -0.479 e. The van der Waals surface area contributed by atoms with Crippen LogP contribution >= 0.6 is 15.9 Å². The summed E-state index contributed by atoms with van der Waals surface area (Å²) in [5.41, 5.74) is -0.740. The van der Waals surface area contributed by atoms with E-state index in [1.165, 1.54) is 24.4 Å². The Labute approximate surface area is 190 Å². The van der Waals surface area contributed by atoms with E-state index >= 15 is 0 Å². The van der Waals surface area contributed by atoms with E-state index in [0.717, 1.165) is 4.68 Å². The number of hydrogen-bond acceptors (Lipinski definition) is 7. The lowest BCUT2D eigenvalue weighted by atomic mass is 9.95. The highest BCUT2D eigenvalue weighted by atomic mass is 79.9. The Morgan fingerprint density at radius 1 is 1.34 bits per heavy atom. The van der Waals surface area contributed by atoms with Crippen molar-refractivity contribution in [3.63, 3.8) is 0 Å². The van der Waals surface area contributed by atoms with Gasteiger partial charge in [-0.05, 0) is 24.3 Å². The second kappa shape index (κ2) is 8.87. The molecule has 3 rings (SSSR count). The zero-order chi connectivity index (χ0) is 23.6. The molecular formula is C21H19BrN4O6.